The van der Waals surface area contributed by atoms with E-state index in [0.29, 0.717) is 22.8 Å². The minimum Gasteiger partial charge on any atom is -0.493 e. The number of rotatable bonds is 6. The first-order valence-electron chi connectivity index (χ1n) is 6.66. The minimum atomic E-state index is -0.281. The van der Waals surface area contributed by atoms with Gasteiger partial charge in [0.25, 0.3) is 5.91 Å². The van der Waals surface area contributed by atoms with E-state index in [2.05, 4.69) is 4.98 Å². The van der Waals surface area contributed by atoms with Crippen molar-refractivity contribution in [1.29, 1.82) is 0 Å². The Labute approximate surface area is 122 Å². The van der Waals surface area contributed by atoms with Gasteiger partial charge in [0.15, 0.2) is 11.4 Å². The molecule has 0 unspecified atom stereocenters. The van der Waals surface area contributed by atoms with Crippen LogP contribution < -0.4 is 4.74 Å². The lowest BCUT2D eigenvalue weighted by Crippen LogP contribution is -2.36. The molecule has 7 nitrogen and oxygen atoms in total. The number of aromatic nitrogens is 2. The van der Waals surface area contributed by atoms with E-state index in [1.54, 1.807) is 36.8 Å². The molecule has 0 saturated heterocycles. The molecule has 2 heterocycles. The van der Waals surface area contributed by atoms with E-state index in [4.69, 9.17) is 14.9 Å². The van der Waals surface area contributed by atoms with Crippen LogP contribution in [-0.4, -0.2) is 63.8 Å². The summed E-state index contributed by atoms with van der Waals surface area (Å²) >= 11 is 0. The molecule has 1 amide bonds. The zero-order chi connectivity index (χ0) is 15.4. The molecular formula is C14H19N3O4. The fourth-order valence-corrected chi connectivity index (χ4v) is 2.28. The number of pyridine rings is 1. The van der Waals surface area contributed by atoms with Crippen molar-refractivity contribution in [2.45, 2.75) is 6.92 Å². The van der Waals surface area contributed by atoms with Crippen LogP contribution in [0.5, 0.6) is 5.75 Å². The highest BCUT2D eigenvalue weighted by Gasteiger charge is 2.23. The molecule has 2 aromatic rings. The molecule has 0 aliphatic heterocycles. The van der Waals surface area contributed by atoms with Crippen molar-refractivity contribution < 1.29 is 19.7 Å². The quantitative estimate of drug-likeness (QED) is 0.787. The highest BCUT2D eigenvalue weighted by molar-refractivity contribution is 5.95. The molecule has 0 fully saturated rings. The second-order valence-corrected chi connectivity index (χ2v) is 4.56. The number of fused-ring (bicyclic) bond motifs is 1. The fourth-order valence-electron chi connectivity index (χ4n) is 2.28. The highest BCUT2D eigenvalue weighted by atomic mass is 16.5. The number of nitrogens with zero attached hydrogens (tertiary/aromatic N) is 3. The Bertz CT molecular complexity index is 632. The first-order chi connectivity index (χ1) is 10.1. The van der Waals surface area contributed by atoms with Crippen molar-refractivity contribution in [2.24, 2.45) is 0 Å². The first-order valence-corrected chi connectivity index (χ1v) is 6.66. The van der Waals surface area contributed by atoms with Crippen LogP contribution in [0.25, 0.3) is 5.65 Å². The van der Waals surface area contributed by atoms with E-state index < -0.39 is 0 Å². The molecule has 0 aromatic carbocycles. The van der Waals surface area contributed by atoms with Crippen molar-refractivity contribution in [1.82, 2.24) is 14.3 Å². The maximum absolute atomic E-state index is 12.6. The van der Waals surface area contributed by atoms with E-state index in [-0.39, 0.29) is 32.2 Å². The minimum absolute atomic E-state index is 0.162. The largest absolute Gasteiger partial charge is 0.493 e. The number of amides is 1. The van der Waals surface area contributed by atoms with E-state index in [0.717, 1.165) is 0 Å². The molecular weight excluding hydrogens is 274 g/mol. The lowest BCUT2D eigenvalue weighted by Gasteiger charge is -2.20. The lowest BCUT2D eigenvalue weighted by molar-refractivity contribution is 0.0677. The Kier molecular flexibility index (Phi) is 4.77. The first kappa shape index (κ1) is 15.3. The molecule has 0 saturated carbocycles. The number of hydrogen-bond donors (Lipinski definition) is 2. The summed E-state index contributed by atoms with van der Waals surface area (Å²) in [5.74, 6) is 0.298. The Morgan fingerprint density at radius 3 is 2.62 bits per heavy atom. The van der Waals surface area contributed by atoms with Gasteiger partial charge in [0, 0.05) is 19.3 Å². The molecule has 7 heteroatoms. The SMILES string of the molecule is COc1cccn2c(C(=O)N(CCO)CCO)c(C)nc12. The summed E-state index contributed by atoms with van der Waals surface area (Å²) in [4.78, 5) is 18.4. The number of hydrogen-bond acceptors (Lipinski definition) is 5. The topological polar surface area (TPSA) is 87.3 Å². The molecule has 2 N–H and O–H groups in total. The van der Waals surface area contributed by atoms with Gasteiger partial charge in [-0.25, -0.2) is 4.98 Å². The second kappa shape index (κ2) is 6.55. The monoisotopic (exact) mass is 293 g/mol. The van der Waals surface area contributed by atoms with Gasteiger partial charge in [0.2, 0.25) is 0 Å². The van der Waals surface area contributed by atoms with Gasteiger partial charge in [-0.15, -0.1) is 0 Å². The van der Waals surface area contributed by atoms with Crippen molar-refractivity contribution >= 4 is 11.6 Å². The van der Waals surface area contributed by atoms with Crippen LogP contribution in [0.2, 0.25) is 0 Å². The van der Waals surface area contributed by atoms with Crippen LogP contribution in [0.15, 0.2) is 18.3 Å². The van der Waals surface area contributed by atoms with Crippen molar-refractivity contribution in [2.75, 3.05) is 33.4 Å². The zero-order valence-corrected chi connectivity index (χ0v) is 12.1. The molecule has 114 valence electrons. The summed E-state index contributed by atoms with van der Waals surface area (Å²) in [7, 11) is 1.55. The van der Waals surface area contributed by atoms with Crippen LogP contribution in [-0.2, 0) is 0 Å². The smallest absolute Gasteiger partial charge is 0.272 e. The summed E-state index contributed by atoms with van der Waals surface area (Å²) in [6, 6.07) is 3.54. The number of imidazole rings is 1. The average molecular weight is 293 g/mol. The van der Waals surface area contributed by atoms with Gasteiger partial charge in [-0.05, 0) is 19.1 Å². The Morgan fingerprint density at radius 1 is 1.38 bits per heavy atom. The number of methoxy groups -OCH3 is 1. The van der Waals surface area contributed by atoms with Gasteiger partial charge in [-0.2, -0.15) is 0 Å². The number of aliphatic hydroxyl groups excluding tert-OH is 2. The molecule has 0 bridgehead atoms. The zero-order valence-electron chi connectivity index (χ0n) is 12.1. The van der Waals surface area contributed by atoms with Crippen molar-refractivity contribution in [3.8, 4) is 5.75 Å². The molecule has 0 radical (unpaired) electrons. The maximum atomic E-state index is 12.6. The van der Waals surface area contributed by atoms with Crippen molar-refractivity contribution in [3.05, 3.63) is 29.7 Å². The van der Waals surface area contributed by atoms with Crippen LogP contribution in [0.1, 0.15) is 16.2 Å². The number of aliphatic hydroxyl groups is 2. The molecule has 0 aliphatic rings. The van der Waals surface area contributed by atoms with Gasteiger partial charge in [-0.3, -0.25) is 9.20 Å². The molecule has 0 atom stereocenters. The standard InChI is InChI=1S/C14H19N3O4/c1-10-12(14(20)16(6-8-18)7-9-19)17-5-3-4-11(21-2)13(17)15-10/h3-5,18-19H,6-9H2,1-2H3. The molecule has 2 aromatic heterocycles. The molecule has 0 spiro atoms. The summed E-state index contributed by atoms with van der Waals surface area (Å²) in [6.07, 6.45) is 1.74. The normalized spacial score (nSPS) is 10.9. The number of ether oxygens (including phenoxy) is 1. The molecule has 21 heavy (non-hydrogen) atoms. The van der Waals surface area contributed by atoms with Crippen LogP contribution in [0.3, 0.4) is 0 Å². The summed E-state index contributed by atoms with van der Waals surface area (Å²) in [5, 5.41) is 18.1. The van der Waals surface area contributed by atoms with E-state index in [1.807, 2.05) is 0 Å². The number of aryl methyl sites for hydroxylation is 1. The van der Waals surface area contributed by atoms with Gasteiger partial charge >= 0.3 is 0 Å². The van der Waals surface area contributed by atoms with Gasteiger partial charge in [0.05, 0.1) is 26.0 Å². The van der Waals surface area contributed by atoms with E-state index in [1.165, 1.54) is 4.90 Å². The summed E-state index contributed by atoms with van der Waals surface area (Å²) in [6.45, 7) is 1.75. The maximum Gasteiger partial charge on any atom is 0.272 e. The summed E-state index contributed by atoms with van der Waals surface area (Å²) in [5.41, 5.74) is 1.55. The average Bonchev–Trinajstić information content (AvgIpc) is 2.82. The van der Waals surface area contributed by atoms with Crippen LogP contribution >= 0.6 is 0 Å². The highest BCUT2D eigenvalue weighted by Crippen LogP contribution is 2.22. The van der Waals surface area contributed by atoms with Crippen LogP contribution in [0.4, 0.5) is 0 Å². The third-order valence-electron chi connectivity index (χ3n) is 3.24. The summed E-state index contributed by atoms with van der Waals surface area (Å²) < 4.78 is 6.91. The third kappa shape index (κ3) is 2.84. The van der Waals surface area contributed by atoms with Gasteiger partial charge < -0.3 is 19.8 Å². The predicted molar refractivity (Wildman–Crippen MR) is 76.6 cm³/mol. The Balaban J connectivity index is 2.50. The molecule has 0 aliphatic carbocycles. The fraction of sp³-hybridized carbons (Fsp3) is 0.429. The predicted octanol–water partition coefficient (Wildman–Crippen LogP) is 0.0781. The van der Waals surface area contributed by atoms with E-state index >= 15 is 0 Å². The van der Waals surface area contributed by atoms with Crippen LogP contribution in [0, 0.1) is 6.92 Å². The Morgan fingerprint density at radius 2 is 2.05 bits per heavy atom. The lowest BCUT2D eigenvalue weighted by atomic mass is 10.3. The van der Waals surface area contributed by atoms with Crippen molar-refractivity contribution in [3.63, 3.8) is 0 Å². The number of carbonyl (C=O) groups is 1. The van der Waals surface area contributed by atoms with Gasteiger partial charge in [0.1, 0.15) is 5.69 Å². The molecule has 2 rings (SSSR count). The Hall–Kier alpha value is -2.12. The van der Waals surface area contributed by atoms with Gasteiger partial charge in [-0.1, -0.05) is 0 Å². The second-order valence-electron chi connectivity index (χ2n) is 4.56. The third-order valence-corrected chi connectivity index (χ3v) is 3.24. The number of carbonyl (C=O) groups excluding carboxylic acids is 1. The van der Waals surface area contributed by atoms with E-state index in [9.17, 15) is 4.79 Å².